The zero-order valence-corrected chi connectivity index (χ0v) is 16.4. The lowest BCUT2D eigenvalue weighted by molar-refractivity contribution is -0.0499. The van der Waals surface area contributed by atoms with E-state index in [9.17, 15) is 13.6 Å². The first-order valence-corrected chi connectivity index (χ1v) is 9.97. The molecule has 158 valence electrons. The van der Waals surface area contributed by atoms with Crippen LogP contribution in [0.2, 0.25) is 0 Å². The van der Waals surface area contributed by atoms with E-state index in [0.717, 1.165) is 18.4 Å². The quantitative estimate of drug-likeness (QED) is 0.440. The maximum Gasteiger partial charge on any atom is 0.387 e. The highest BCUT2D eigenvalue weighted by Gasteiger charge is 2.25. The van der Waals surface area contributed by atoms with Gasteiger partial charge in [-0.15, -0.1) is 0 Å². The molecule has 0 spiro atoms. The number of ether oxygens (including phenoxy) is 2. The monoisotopic (exact) mass is 423 g/mol. The number of rotatable bonds is 7. The van der Waals surface area contributed by atoms with Crippen LogP contribution in [0.25, 0.3) is 33.3 Å². The lowest BCUT2D eigenvalue weighted by Gasteiger charge is -2.14. The minimum Gasteiger partial charge on any atom is -0.492 e. The van der Waals surface area contributed by atoms with E-state index in [2.05, 4.69) is 19.9 Å². The molecule has 1 fully saturated rings. The van der Waals surface area contributed by atoms with Gasteiger partial charge in [0.05, 0.1) is 29.4 Å². The number of aromatic amines is 2. The maximum absolute atomic E-state index is 12.8. The Kier molecular flexibility index (Phi) is 4.89. The molecule has 1 saturated carbocycles. The number of H-pyrrole nitrogens is 2. The molecule has 0 aliphatic heterocycles. The van der Waals surface area contributed by atoms with Gasteiger partial charge in [0.2, 0.25) is 0 Å². The number of aromatic nitrogens is 3. The van der Waals surface area contributed by atoms with Crippen LogP contribution in [0.3, 0.4) is 0 Å². The molecule has 31 heavy (non-hydrogen) atoms. The number of hydrogen-bond donors (Lipinski definition) is 2. The molecule has 0 saturated heterocycles. The van der Waals surface area contributed by atoms with Crippen molar-refractivity contribution >= 4 is 10.9 Å². The van der Waals surface area contributed by atoms with Gasteiger partial charge in [0.15, 0.2) is 0 Å². The SMILES string of the molecule is O=c1[nH]ncc2[nH]c(-c3ccc(OC(F)F)cc3OCC3CC3)c(-c3ccccc3)c12. The van der Waals surface area contributed by atoms with Gasteiger partial charge in [-0.05, 0) is 36.5 Å². The molecule has 5 rings (SSSR count). The second kappa shape index (κ2) is 7.86. The van der Waals surface area contributed by atoms with Crippen molar-refractivity contribution in [2.45, 2.75) is 19.5 Å². The fourth-order valence-corrected chi connectivity index (χ4v) is 3.66. The van der Waals surface area contributed by atoms with Crippen molar-refractivity contribution in [2.24, 2.45) is 5.92 Å². The van der Waals surface area contributed by atoms with Gasteiger partial charge in [-0.25, -0.2) is 5.10 Å². The Morgan fingerprint density at radius 3 is 2.68 bits per heavy atom. The summed E-state index contributed by atoms with van der Waals surface area (Å²) in [6, 6.07) is 14.1. The summed E-state index contributed by atoms with van der Waals surface area (Å²) >= 11 is 0. The normalized spacial score (nSPS) is 13.6. The molecular formula is C23H19F2N3O3. The summed E-state index contributed by atoms with van der Waals surface area (Å²) in [5.74, 6) is 0.899. The van der Waals surface area contributed by atoms with E-state index < -0.39 is 6.61 Å². The van der Waals surface area contributed by atoms with E-state index in [-0.39, 0.29) is 11.3 Å². The Bertz CT molecular complexity index is 1280. The molecule has 2 N–H and O–H groups in total. The summed E-state index contributed by atoms with van der Waals surface area (Å²) in [5, 5.41) is 6.84. The first kappa shape index (κ1) is 19.3. The maximum atomic E-state index is 12.8. The smallest absolute Gasteiger partial charge is 0.387 e. The highest BCUT2D eigenvalue weighted by Crippen LogP contribution is 2.42. The average molecular weight is 423 g/mol. The van der Waals surface area contributed by atoms with Crippen molar-refractivity contribution in [1.82, 2.24) is 15.2 Å². The molecule has 0 bridgehead atoms. The molecule has 0 radical (unpaired) electrons. The number of nitrogens with zero attached hydrogens (tertiary/aromatic N) is 1. The van der Waals surface area contributed by atoms with Gasteiger partial charge in [-0.3, -0.25) is 4.79 Å². The zero-order valence-electron chi connectivity index (χ0n) is 16.4. The third-order valence-corrected chi connectivity index (χ3v) is 5.30. The second-order valence-corrected chi connectivity index (χ2v) is 7.52. The van der Waals surface area contributed by atoms with Gasteiger partial charge in [0.25, 0.3) is 5.56 Å². The predicted molar refractivity (Wildman–Crippen MR) is 112 cm³/mol. The molecule has 2 aromatic carbocycles. The lowest BCUT2D eigenvalue weighted by Crippen LogP contribution is -2.07. The Morgan fingerprint density at radius 1 is 1.13 bits per heavy atom. The van der Waals surface area contributed by atoms with E-state index in [1.165, 1.54) is 12.1 Å². The number of fused-ring (bicyclic) bond motifs is 1. The molecule has 2 heterocycles. The third-order valence-electron chi connectivity index (χ3n) is 5.30. The molecular weight excluding hydrogens is 404 g/mol. The molecule has 8 heteroatoms. The van der Waals surface area contributed by atoms with Gasteiger partial charge in [0, 0.05) is 17.2 Å². The van der Waals surface area contributed by atoms with Gasteiger partial charge < -0.3 is 14.5 Å². The Balaban J connectivity index is 1.71. The predicted octanol–water partition coefficient (Wildman–Crippen LogP) is 4.98. The van der Waals surface area contributed by atoms with E-state index in [1.807, 2.05) is 30.3 Å². The molecule has 1 aliphatic carbocycles. The molecule has 0 atom stereocenters. The topological polar surface area (TPSA) is 80.0 Å². The van der Waals surface area contributed by atoms with Crippen molar-refractivity contribution in [1.29, 1.82) is 0 Å². The Labute approximate surface area is 175 Å². The van der Waals surface area contributed by atoms with Gasteiger partial charge in [-0.1, -0.05) is 30.3 Å². The number of nitrogens with one attached hydrogen (secondary N) is 2. The Hall–Kier alpha value is -3.68. The summed E-state index contributed by atoms with van der Waals surface area (Å²) < 4.78 is 36.1. The standard InChI is InChI=1S/C23H19F2N3O3/c24-23(25)31-15-8-9-16(18(10-15)30-12-13-6-7-13)21-19(14-4-2-1-3-5-14)20-17(27-21)11-26-28-22(20)29/h1-5,8-11,13,23,27H,6-7,12H2,(H,28,29). The summed E-state index contributed by atoms with van der Waals surface area (Å²) in [6.45, 7) is -2.44. The highest BCUT2D eigenvalue weighted by molar-refractivity contribution is 6.03. The van der Waals surface area contributed by atoms with E-state index >= 15 is 0 Å². The number of halogens is 2. The van der Waals surface area contributed by atoms with Crippen LogP contribution in [0.1, 0.15) is 12.8 Å². The summed E-state index contributed by atoms with van der Waals surface area (Å²) in [6.07, 6.45) is 3.72. The van der Waals surface area contributed by atoms with Crippen molar-refractivity contribution in [2.75, 3.05) is 6.61 Å². The first-order valence-electron chi connectivity index (χ1n) is 9.97. The van der Waals surface area contributed by atoms with Crippen LogP contribution in [0.15, 0.2) is 59.5 Å². The van der Waals surface area contributed by atoms with Crippen molar-refractivity contribution in [3.63, 3.8) is 0 Å². The van der Waals surface area contributed by atoms with Gasteiger partial charge >= 0.3 is 6.61 Å². The van der Waals surface area contributed by atoms with Crippen LogP contribution in [0.5, 0.6) is 11.5 Å². The van der Waals surface area contributed by atoms with Crippen molar-refractivity contribution < 1.29 is 18.3 Å². The number of hydrogen-bond acceptors (Lipinski definition) is 4. The van der Waals surface area contributed by atoms with E-state index in [0.29, 0.717) is 46.0 Å². The van der Waals surface area contributed by atoms with Crippen LogP contribution >= 0.6 is 0 Å². The molecule has 1 aliphatic rings. The Morgan fingerprint density at radius 2 is 1.94 bits per heavy atom. The zero-order chi connectivity index (χ0) is 21.4. The van der Waals surface area contributed by atoms with Crippen LogP contribution in [-0.4, -0.2) is 28.4 Å². The molecule has 2 aromatic heterocycles. The van der Waals surface area contributed by atoms with Crippen LogP contribution in [-0.2, 0) is 0 Å². The molecule has 4 aromatic rings. The largest absolute Gasteiger partial charge is 0.492 e. The van der Waals surface area contributed by atoms with E-state index in [4.69, 9.17) is 4.74 Å². The average Bonchev–Trinajstić information content (AvgIpc) is 3.51. The number of benzene rings is 2. The fourth-order valence-electron chi connectivity index (χ4n) is 3.66. The third kappa shape index (κ3) is 3.88. The fraction of sp³-hybridized carbons (Fsp3) is 0.217. The summed E-state index contributed by atoms with van der Waals surface area (Å²) in [5.41, 5.74) is 3.07. The summed E-state index contributed by atoms with van der Waals surface area (Å²) in [7, 11) is 0. The van der Waals surface area contributed by atoms with Crippen LogP contribution in [0, 0.1) is 5.92 Å². The minimum atomic E-state index is -2.93. The first-order chi connectivity index (χ1) is 15.1. The van der Waals surface area contributed by atoms with Gasteiger partial charge in [0.1, 0.15) is 11.5 Å². The van der Waals surface area contributed by atoms with Crippen LogP contribution in [0.4, 0.5) is 8.78 Å². The lowest BCUT2D eigenvalue weighted by atomic mass is 9.98. The second-order valence-electron chi connectivity index (χ2n) is 7.52. The molecule has 6 nitrogen and oxygen atoms in total. The van der Waals surface area contributed by atoms with Gasteiger partial charge in [-0.2, -0.15) is 13.9 Å². The number of alkyl halides is 2. The molecule has 0 amide bonds. The summed E-state index contributed by atoms with van der Waals surface area (Å²) in [4.78, 5) is 15.9. The van der Waals surface area contributed by atoms with Crippen LogP contribution < -0.4 is 15.0 Å². The highest BCUT2D eigenvalue weighted by atomic mass is 19.3. The molecule has 0 unspecified atom stereocenters. The minimum absolute atomic E-state index is 0.0152. The van der Waals surface area contributed by atoms with Crippen molar-refractivity contribution in [3.05, 3.63) is 65.1 Å². The van der Waals surface area contributed by atoms with E-state index in [1.54, 1.807) is 12.3 Å². The van der Waals surface area contributed by atoms with Crippen molar-refractivity contribution in [3.8, 4) is 33.9 Å².